The smallest absolute Gasteiger partial charge is 0.335 e. The Kier molecular flexibility index (Phi) is 5.50. The summed E-state index contributed by atoms with van der Waals surface area (Å²) in [6.45, 7) is 7.74. The molecule has 0 saturated carbocycles. The maximum absolute atomic E-state index is 12.5. The summed E-state index contributed by atoms with van der Waals surface area (Å²) in [6, 6.07) is 3.85. The molecule has 5 nitrogen and oxygen atoms in total. The Balaban J connectivity index is 3.27. The zero-order valence-corrected chi connectivity index (χ0v) is 13.7. The molecule has 110 valence electrons. The van der Waals surface area contributed by atoms with Crippen LogP contribution in [-0.4, -0.2) is 36.9 Å². The lowest BCUT2D eigenvalue weighted by molar-refractivity contribution is 0.0696. The van der Waals surface area contributed by atoms with Gasteiger partial charge in [0, 0.05) is 17.6 Å². The number of carboxylic acid groups (broad SMARTS) is 1. The minimum absolute atomic E-state index is 0.0266. The molecule has 0 fully saturated rings. The highest BCUT2D eigenvalue weighted by Crippen LogP contribution is 2.26. The van der Waals surface area contributed by atoms with Crippen molar-refractivity contribution in [2.24, 2.45) is 0 Å². The molecule has 0 bridgehead atoms. The first-order chi connectivity index (χ1) is 9.20. The van der Waals surface area contributed by atoms with Crippen molar-refractivity contribution in [1.29, 1.82) is 0 Å². The molecule has 0 aliphatic heterocycles. The topological polar surface area (TPSA) is 74.7 Å². The zero-order valence-electron chi connectivity index (χ0n) is 11.3. The van der Waals surface area contributed by atoms with Crippen LogP contribution in [0, 0.1) is 0 Å². The average Bonchev–Trinajstić information content (AvgIpc) is 2.34. The fourth-order valence-electron chi connectivity index (χ4n) is 1.65. The quantitative estimate of drug-likeness (QED) is 0.790. The molecule has 7 heteroatoms. The van der Waals surface area contributed by atoms with E-state index in [4.69, 9.17) is 5.11 Å². The van der Waals surface area contributed by atoms with Crippen molar-refractivity contribution < 1.29 is 18.3 Å². The van der Waals surface area contributed by atoms with Gasteiger partial charge in [0.15, 0.2) is 0 Å². The Morgan fingerprint density at radius 2 is 2.05 bits per heavy atom. The standard InChI is InChI=1S/C13H16BrNO4S/c1-4-15(8-9(2)3)20(18,19)12-6-5-10(13(16)17)7-11(12)14/h5-7H,2,4,8H2,1,3H3,(H,16,17). The molecule has 0 unspecified atom stereocenters. The van der Waals surface area contributed by atoms with Crippen molar-refractivity contribution in [3.05, 3.63) is 40.4 Å². The Bertz CT molecular complexity index is 640. The fraction of sp³-hybridized carbons (Fsp3) is 0.308. The Morgan fingerprint density at radius 1 is 1.45 bits per heavy atom. The van der Waals surface area contributed by atoms with Gasteiger partial charge in [-0.05, 0) is 41.1 Å². The number of benzene rings is 1. The van der Waals surface area contributed by atoms with E-state index in [0.717, 1.165) is 5.57 Å². The van der Waals surface area contributed by atoms with Crippen LogP contribution in [0.15, 0.2) is 39.7 Å². The minimum Gasteiger partial charge on any atom is -0.478 e. The van der Waals surface area contributed by atoms with Crippen molar-refractivity contribution in [2.75, 3.05) is 13.1 Å². The second-order valence-electron chi connectivity index (χ2n) is 4.34. The van der Waals surface area contributed by atoms with Crippen molar-refractivity contribution in [2.45, 2.75) is 18.7 Å². The summed E-state index contributed by atoms with van der Waals surface area (Å²) in [5.41, 5.74) is 0.757. The van der Waals surface area contributed by atoms with E-state index in [1.807, 2.05) is 0 Å². The van der Waals surface area contributed by atoms with Crippen molar-refractivity contribution in [3.8, 4) is 0 Å². The number of halogens is 1. The highest BCUT2D eigenvalue weighted by Gasteiger charge is 2.25. The maximum atomic E-state index is 12.5. The number of nitrogens with zero attached hydrogens (tertiary/aromatic N) is 1. The molecule has 0 radical (unpaired) electrons. The average molecular weight is 362 g/mol. The van der Waals surface area contributed by atoms with Crippen LogP contribution in [0.4, 0.5) is 0 Å². The molecule has 1 aromatic carbocycles. The van der Waals surface area contributed by atoms with E-state index in [9.17, 15) is 13.2 Å². The van der Waals surface area contributed by atoms with E-state index in [0.29, 0.717) is 6.54 Å². The first-order valence-electron chi connectivity index (χ1n) is 5.87. The highest BCUT2D eigenvalue weighted by atomic mass is 79.9. The van der Waals surface area contributed by atoms with Crippen molar-refractivity contribution >= 4 is 31.9 Å². The third kappa shape index (κ3) is 3.68. The molecule has 1 N–H and O–H groups in total. The number of aromatic carboxylic acids is 1. The predicted molar refractivity (Wildman–Crippen MR) is 80.3 cm³/mol. The number of carbonyl (C=O) groups is 1. The highest BCUT2D eigenvalue weighted by molar-refractivity contribution is 9.10. The van der Waals surface area contributed by atoms with E-state index < -0.39 is 16.0 Å². The molecule has 0 aliphatic rings. The minimum atomic E-state index is -3.69. The van der Waals surface area contributed by atoms with Gasteiger partial charge in [0.05, 0.1) is 10.5 Å². The lowest BCUT2D eigenvalue weighted by Crippen LogP contribution is -2.32. The second-order valence-corrected chi connectivity index (χ2v) is 7.10. The summed E-state index contributed by atoms with van der Waals surface area (Å²) >= 11 is 3.12. The van der Waals surface area contributed by atoms with Crippen LogP contribution in [0.25, 0.3) is 0 Å². The largest absolute Gasteiger partial charge is 0.478 e. The van der Waals surface area contributed by atoms with Crippen LogP contribution >= 0.6 is 15.9 Å². The summed E-state index contributed by atoms with van der Waals surface area (Å²) in [4.78, 5) is 10.9. The van der Waals surface area contributed by atoms with Gasteiger partial charge in [-0.3, -0.25) is 0 Å². The number of rotatable bonds is 6. The van der Waals surface area contributed by atoms with Gasteiger partial charge in [-0.15, -0.1) is 0 Å². The number of carboxylic acids is 1. The summed E-state index contributed by atoms with van der Waals surface area (Å²) in [5.74, 6) is -1.11. The van der Waals surface area contributed by atoms with Gasteiger partial charge in [-0.2, -0.15) is 4.31 Å². The summed E-state index contributed by atoms with van der Waals surface area (Å²) in [7, 11) is -3.69. The van der Waals surface area contributed by atoms with Crippen molar-refractivity contribution in [1.82, 2.24) is 4.31 Å². The number of likely N-dealkylation sites (N-methyl/N-ethyl adjacent to an activating group) is 1. The summed E-state index contributed by atoms with van der Waals surface area (Å²) < 4.78 is 26.5. The van der Waals surface area contributed by atoms with Crippen molar-refractivity contribution in [3.63, 3.8) is 0 Å². The third-order valence-corrected chi connectivity index (χ3v) is 5.49. The van der Waals surface area contributed by atoms with Gasteiger partial charge >= 0.3 is 5.97 Å². The van der Waals surface area contributed by atoms with E-state index in [1.54, 1.807) is 13.8 Å². The molecule has 1 aromatic rings. The first kappa shape index (κ1) is 16.9. The summed E-state index contributed by atoms with van der Waals surface area (Å²) in [6.07, 6.45) is 0. The molecular weight excluding hydrogens is 346 g/mol. The van der Waals surface area contributed by atoms with E-state index in [-0.39, 0.29) is 21.5 Å². The molecule has 0 spiro atoms. The zero-order chi connectivity index (χ0) is 15.5. The van der Waals surface area contributed by atoms with Gasteiger partial charge in [0.1, 0.15) is 0 Å². The molecule has 20 heavy (non-hydrogen) atoms. The van der Waals surface area contributed by atoms with Gasteiger partial charge in [-0.25, -0.2) is 13.2 Å². The van der Waals surface area contributed by atoms with Gasteiger partial charge in [-0.1, -0.05) is 19.1 Å². The monoisotopic (exact) mass is 361 g/mol. The molecule has 1 rings (SSSR count). The lowest BCUT2D eigenvalue weighted by Gasteiger charge is -2.21. The molecular formula is C13H16BrNO4S. The first-order valence-corrected chi connectivity index (χ1v) is 8.10. The van der Waals surface area contributed by atoms with E-state index in [2.05, 4.69) is 22.5 Å². The molecule has 0 aromatic heterocycles. The SMILES string of the molecule is C=C(C)CN(CC)S(=O)(=O)c1ccc(C(=O)O)cc1Br. The second kappa shape index (κ2) is 6.51. The maximum Gasteiger partial charge on any atom is 0.335 e. The normalized spacial score (nSPS) is 11.6. The molecule has 0 amide bonds. The van der Waals surface area contributed by atoms with Crippen LogP contribution in [-0.2, 0) is 10.0 Å². The Hall–Kier alpha value is -1.18. The lowest BCUT2D eigenvalue weighted by atomic mass is 10.2. The molecule has 0 saturated heterocycles. The van der Waals surface area contributed by atoms with Crippen LogP contribution in [0.3, 0.4) is 0 Å². The number of sulfonamides is 1. The van der Waals surface area contributed by atoms with Gasteiger partial charge in [0.2, 0.25) is 10.0 Å². The number of hydrogen-bond donors (Lipinski definition) is 1. The van der Waals surface area contributed by atoms with Crippen LogP contribution in [0.1, 0.15) is 24.2 Å². The fourth-order valence-corrected chi connectivity index (χ4v) is 4.20. The van der Waals surface area contributed by atoms with E-state index >= 15 is 0 Å². The van der Waals surface area contributed by atoms with E-state index in [1.165, 1.54) is 22.5 Å². The third-order valence-electron chi connectivity index (χ3n) is 2.60. The molecule has 0 atom stereocenters. The number of hydrogen-bond acceptors (Lipinski definition) is 3. The Labute approximate surface area is 127 Å². The predicted octanol–water partition coefficient (Wildman–Crippen LogP) is 2.73. The van der Waals surface area contributed by atoms with Crippen LogP contribution in [0.2, 0.25) is 0 Å². The summed E-state index contributed by atoms with van der Waals surface area (Å²) in [5, 5.41) is 8.88. The Morgan fingerprint density at radius 3 is 2.45 bits per heavy atom. The van der Waals surface area contributed by atoms with Gasteiger partial charge in [0.25, 0.3) is 0 Å². The van der Waals surface area contributed by atoms with Crippen LogP contribution in [0.5, 0.6) is 0 Å². The van der Waals surface area contributed by atoms with Crippen LogP contribution < -0.4 is 0 Å². The molecule has 0 heterocycles. The molecule has 0 aliphatic carbocycles. The van der Waals surface area contributed by atoms with Gasteiger partial charge < -0.3 is 5.11 Å².